The topological polar surface area (TPSA) is 13.6 Å². The summed E-state index contributed by atoms with van der Waals surface area (Å²) in [7, 11) is 1.62. The number of rotatable bonds is 1. The molecule has 0 bridgehead atoms. The van der Waals surface area contributed by atoms with Crippen molar-refractivity contribution in [3.63, 3.8) is 0 Å². The van der Waals surface area contributed by atoms with Crippen LogP contribution in [-0.4, -0.2) is 7.11 Å². The molecule has 0 aliphatic carbocycles. The van der Waals surface area contributed by atoms with Gasteiger partial charge in [0.2, 0.25) is 0 Å². The summed E-state index contributed by atoms with van der Waals surface area (Å²) in [5.74, 6) is 0.753. The van der Waals surface area contributed by atoms with E-state index in [0.717, 1.165) is 11.3 Å². The summed E-state index contributed by atoms with van der Waals surface area (Å²) in [5.41, 5.74) is 1.81. The summed E-state index contributed by atoms with van der Waals surface area (Å²) in [4.78, 5) is 3.42. The van der Waals surface area contributed by atoms with Crippen molar-refractivity contribution in [2.45, 2.75) is 26.2 Å². The lowest BCUT2D eigenvalue weighted by atomic mass is 9.87. The van der Waals surface area contributed by atoms with Gasteiger partial charge in [-0.2, -0.15) is 0 Å². The van der Waals surface area contributed by atoms with Gasteiger partial charge in [0.25, 0.3) is 0 Å². The lowest BCUT2D eigenvalue weighted by Crippen LogP contribution is -2.10. The molecule has 2 nitrogen and oxygen atoms in total. The molecule has 0 aromatic heterocycles. The molecule has 74 valence electrons. The molecule has 0 N–H and O–H groups in total. The number of nitrogens with zero attached hydrogens (tertiary/aromatic N) is 1. The number of hydrogen-bond acceptors (Lipinski definition) is 1. The van der Waals surface area contributed by atoms with Crippen LogP contribution in [0.4, 0.5) is 5.69 Å². The molecule has 0 unspecified atom stereocenters. The zero-order valence-corrected chi connectivity index (χ0v) is 9.09. The monoisotopic (exact) mass is 189 g/mol. The van der Waals surface area contributed by atoms with Crippen molar-refractivity contribution in [2.24, 2.45) is 0 Å². The van der Waals surface area contributed by atoms with Gasteiger partial charge in [-0.15, -0.1) is 0 Å². The fraction of sp³-hybridized carbons (Fsp3) is 0.417. The maximum absolute atomic E-state index is 6.99. The van der Waals surface area contributed by atoms with Crippen molar-refractivity contribution in [1.82, 2.24) is 0 Å². The van der Waals surface area contributed by atoms with Gasteiger partial charge >= 0.3 is 0 Å². The van der Waals surface area contributed by atoms with Crippen LogP contribution in [0, 0.1) is 6.57 Å². The fourth-order valence-corrected chi connectivity index (χ4v) is 1.20. The van der Waals surface area contributed by atoms with E-state index in [2.05, 4.69) is 25.6 Å². The summed E-state index contributed by atoms with van der Waals surface area (Å²) in [5, 5.41) is 0. The first-order chi connectivity index (χ1) is 6.47. The van der Waals surface area contributed by atoms with E-state index in [1.54, 1.807) is 13.2 Å². The van der Waals surface area contributed by atoms with Gasteiger partial charge in [-0.05, 0) is 23.1 Å². The van der Waals surface area contributed by atoms with Crippen molar-refractivity contribution < 1.29 is 4.74 Å². The third-order valence-corrected chi connectivity index (χ3v) is 2.12. The Morgan fingerprint density at radius 2 is 1.86 bits per heavy atom. The van der Waals surface area contributed by atoms with Gasteiger partial charge in [0.1, 0.15) is 5.75 Å². The molecule has 1 rings (SSSR count). The molecule has 0 aliphatic heterocycles. The van der Waals surface area contributed by atoms with E-state index in [0.29, 0.717) is 5.69 Å². The van der Waals surface area contributed by atoms with Gasteiger partial charge in [-0.1, -0.05) is 26.8 Å². The fourth-order valence-electron chi connectivity index (χ4n) is 1.20. The Bertz CT molecular complexity index is 369. The van der Waals surface area contributed by atoms with Gasteiger partial charge in [0.05, 0.1) is 13.7 Å². The molecule has 2 heteroatoms. The van der Waals surface area contributed by atoms with Crippen molar-refractivity contribution in [2.75, 3.05) is 7.11 Å². The molecule has 14 heavy (non-hydrogen) atoms. The first-order valence-electron chi connectivity index (χ1n) is 4.54. The van der Waals surface area contributed by atoms with Crippen LogP contribution >= 0.6 is 0 Å². The van der Waals surface area contributed by atoms with Crippen LogP contribution < -0.4 is 4.74 Å². The van der Waals surface area contributed by atoms with Crippen LogP contribution in [0.5, 0.6) is 5.75 Å². The molecule has 0 atom stereocenters. The summed E-state index contributed by atoms with van der Waals surface area (Å²) < 4.78 is 5.15. The molecule has 0 fully saturated rings. The van der Waals surface area contributed by atoms with Crippen molar-refractivity contribution in [1.29, 1.82) is 0 Å². The molecule has 0 heterocycles. The number of hydrogen-bond donors (Lipinski definition) is 0. The average molecular weight is 189 g/mol. The summed E-state index contributed by atoms with van der Waals surface area (Å²) in [6.45, 7) is 13.3. The van der Waals surface area contributed by atoms with Gasteiger partial charge in [-0.3, -0.25) is 0 Å². The minimum absolute atomic E-state index is 0.0496. The maximum Gasteiger partial charge on any atom is 0.191 e. The predicted molar refractivity (Wildman–Crippen MR) is 58.0 cm³/mol. The Labute approximate surface area is 85.3 Å². The molecular formula is C12H15NO. The molecule has 1 aromatic carbocycles. The van der Waals surface area contributed by atoms with Crippen LogP contribution in [0.25, 0.3) is 4.85 Å². The van der Waals surface area contributed by atoms with Crippen LogP contribution in [-0.2, 0) is 5.41 Å². The van der Waals surface area contributed by atoms with Crippen LogP contribution in [0.2, 0.25) is 0 Å². The van der Waals surface area contributed by atoms with E-state index >= 15 is 0 Å². The molecule has 1 aromatic rings. The highest BCUT2D eigenvalue weighted by molar-refractivity contribution is 5.53. The smallest absolute Gasteiger partial charge is 0.191 e. The Morgan fingerprint density at radius 1 is 1.21 bits per heavy atom. The lowest BCUT2D eigenvalue weighted by Gasteiger charge is -2.20. The molecular weight excluding hydrogens is 174 g/mol. The van der Waals surface area contributed by atoms with Gasteiger partial charge in [0.15, 0.2) is 5.69 Å². The molecule has 0 amide bonds. The first-order valence-corrected chi connectivity index (χ1v) is 4.54. The van der Waals surface area contributed by atoms with Crippen LogP contribution in [0.1, 0.15) is 26.3 Å². The standard InChI is InChI=1S/C12H15NO/c1-12(2,3)9-6-10(13-4)8-11(7-9)14-5/h6-8H,1-3,5H3. The van der Waals surface area contributed by atoms with Gasteiger partial charge < -0.3 is 4.74 Å². The lowest BCUT2D eigenvalue weighted by molar-refractivity contribution is 0.413. The van der Waals surface area contributed by atoms with E-state index < -0.39 is 0 Å². The first kappa shape index (κ1) is 10.6. The minimum atomic E-state index is 0.0496. The largest absolute Gasteiger partial charge is 0.498 e. The molecule has 0 saturated carbocycles. The number of methoxy groups -OCH3 is 1. The molecule has 0 radical (unpaired) electrons. The maximum atomic E-state index is 6.99. The highest BCUT2D eigenvalue weighted by Crippen LogP contribution is 2.30. The van der Waals surface area contributed by atoms with Gasteiger partial charge in [0, 0.05) is 0 Å². The quantitative estimate of drug-likeness (QED) is 0.616. The van der Waals surface area contributed by atoms with Crippen LogP contribution in [0.3, 0.4) is 0 Å². The van der Waals surface area contributed by atoms with Gasteiger partial charge in [-0.25, -0.2) is 4.85 Å². The van der Waals surface area contributed by atoms with Crippen molar-refractivity contribution in [3.05, 3.63) is 35.2 Å². The second kappa shape index (κ2) is 3.71. The Morgan fingerprint density at radius 3 is 2.29 bits per heavy atom. The van der Waals surface area contributed by atoms with Crippen molar-refractivity contribution >= 4 is 5.69 Å². The Kier molecular flexibility index (Phi) is 2.81. The second-order valence-corrected chi connectivity index (χ2v) is 4.28. The van der Waals surface area contributed by atoms with Crippen molar-refractivity contribution in [3.8, 4) is 5.75 Å². The molecule has 0 spiro atoms. The Balaban J connectivity index is 3.26. The zero-order valence-electron chi connectivity index (χ0n) is 9.09. The summed E-state index contributed by atoms with van der Waals surface area (Å²) in [6.07, 6.45) is 0. The number of ether oxygens (including phenoxy) is 1. The highest BCUT2D eigenvalue weighted by atomic mass is 16.5. The number of benzene rings is 1. The third-order valence-electron chi connectivity index (χ3n) is 2.12. The minimum Gasteiger partial charge on any atom is -0.498 e. The second-order valence-electron chi connectivity index (χ2n) is 4.28. The normalized spacial score (nSPS) is 10.8. The predicted octanol–water partition coefficient (Wildman–Crippen LogP) is 3.54. The molecule has 0 aliphatic rings. The highest BCUT2D eigenvalue weighted by Gasteiger charge is 2.15. The zero-order chi connectivity index (χ0) is 10.8. The Hall–Kier alpha value is -1.49. The third kappa shape index (κ3) is 2.26. The van der Waals surface area contributed by atoms with E-state index in [9.17, 15) is 0 Å². The van der Waals surface area contributed by atoms with E-state index in [1.807, 2.05) is 12.1 Å². The summed E-state index contributed by atoms with van der Waals surface area (Å²) in [6, 6.07) is 5.65. The summed E-state index contributed by atoms with van der Waals surface area (Å²) >= 11 is 0. The van der Waals surface area contributed by atoms with E-state index in [-0.39, 0.29) is 5.41 Å². The molecule has 0 saturated heterocycles. The van der Waals surface area contributed by atoms with E-state index in [1.165, 1.54) is 0 Å². The average Bonchev–Trinajstić information content (AvgIpc) is 2.15. The van der Waals surface area contributed by atoms with Crippen LogP contribution in [0.15, 0.2) is 18.2 Å². The van der Waals surface area contributed by atoms with E-state index in [4.69, 9.17) is 11.3 Å². The SMILES string of the molecule is [C-]#[N+]c1cc(OC)cc(C(C)(C)C)c1.